The monoisotopic (exact) mass is 342 g/mol. The molecule has 7 nitrogen and oxygen atoms in total. The fourth-order valence-corrected chi connectivity index (χ4v) is 2.14. The molecule has 0 radical (unpaired) electrons. The van der Waals surface area contributed by atoms with Gasteiger partial charge in [-0.25, -0.2) is 0 Å². The Bertz CT molecular complexity index is 562. The molecular weight excluding hydrogens is 320 g/mol. The zero-order valence-corrected chi connectivity index (χ0v) is 14.2. The Balaban J connectivity index is 2.81. The van der Waals surface area contributed by atoms with Crippen LogP contribution in [0, 0.1) is 0 Å². The number of nitrogen functional groups attached to an aromatic ring is 1. The van der Waals surface area contributed by atoms with Crippen molar-refractivity contribution in [3.8, 4) is 5.75 Å². The highest BCUT2D eigenvalue weighted by Gasteiger charge is 2.16. The third-order valence-corrected chi connectivity index (χ3v) is 3.65. The minimum Gasteiger partial charge on any atom is -0.483 e. The number of carbonyl (C=O) groups excluding carboxylic acids is 2. The molecule has 0 aliphatic rings. The molecule has 0 heterocycles. The molecule has 8 heteroatoms. The number of hydrogen-bond acceptors (Lipinski definition) is 5. The normalized spacial score (nSPS) is 10.6. The van der Waals surface area contributed by atoms with Gasteiger partial charge in [0, 0.05) is 19.2 Å². The number of amides is 2. The molecule has 0 aliphatic heterocycles. The van der Waals surface area contributed by atoms with Crippen LogP contribution in [0.2, 0.25) is 5.02 Å². The molecule has 1 aromatic rings. The first-order chi connectivity index (χ1) is 10.9. The first-order valence-corrected chi connectivity index (χ1v) is 7.77. The quantitative estimate of drug-likeness (QED) is 0.576. The van der Waals surface area contributed by atoms with Crippen LogP contribution < -0.4 is 21.5 Å². The lowest BCUT2D eigenvalue weighted by Gasteiger charge is -2.18. The standard InChI is InChI=1S/C15H23ClN4O3/c1-3-20(4-2)6-5-19-15(22)10-7-11(16)12(17)8-13(10)23-9-14(18)21/h7-8H,3-6,9,17H2,1-2H3,(H2,18,21)(H,19,22). The molecule has 0 aromatic heterocycles. The average Bonchev–Trinajstić information content (AvgIpc) is 2.52. The summed E-state index contributed by atoms with van der Waals surface area (Å²) in [7, 11) is 0. The number of rotatable bonds is 9. The second-order valence-electron chi connectivity index (χ2n) is 4.91. The largest absolute Gasteiger partial charge is 0.483 e. The number of primary amides is 1. The van der Waals surface area contributed by atoms with Crippen molar-refractivity contribution in [1.82, 2.24) is 10.2 Å². The highest BCUT2D eigenvalue weighted by Crippen LogP contribution is 2.29. The molecule has 0 aliphatic carbocycles. The topological polar surface area (TPSA) is 111 Å². The Hall–Kier alpha value is -1.99. The van der Waals surface area contributed by atoms with Gasteiger partial charge in [-0.05, 0) is 19.2 Å². The Kier molecular flexibility index (Phi) is 7.64. The lowest BCUT2D eigenvalue weighted by molar-refractivity contribution is -0.119. The van der Waals surface area contributed by atoms with E-state index in [0.717, 1.165) is 19.6 Å². The predicted octanol–water partition coefficient (Wildman–Crippen LogP) is 0.858. The van der Waals surface area contributed by atoms with Gasteiger partial charge in [-0.1, -0.05) is 25.4 Å². The molecule has 0 fully saturated rings. The van der Waals surface area contributed by atoms with Crippen molar-refractivity contribution in [2.45, 2.75) is 13.8 Å². The number of halogens is 1. The summed E-state index contributed by atoms with van der Waals surface area (Å²) in [5.41, 5.74) is 11.2. The van der Waals surface area contributed by atoms with Crippen LogP contribution in [0.5, 0.6) is 5.75 Å². The third-order valence-electron chi connectivity index (χ3n) is 3.32. The molecule has 0 bridgehead atoms. The maximum absolute atomic E-state index is 12.3. The molecule has 0 spiro atoms. The molecule has 1 aromatic carbocycles. The first-order valence-electron chi connectivity index (χ1n) is 7.39. The maximum Gasteiger partial charge on any atom is 0.255 e. The fraction of sp³-hybridized carbons (Fsp3) is 0.467. The Morgan fingerprint density at radius 2 is 1.96 bits per heavy atom. The van der Waals surface area contributed by atoms with Crippen molar-refractivity contribution < 1.29 is 14.3 Å². The van der Waals surface area contributed by atoms with E-state index in [1.54, 1.807) is 0 Å². The zero-order chi connectivity index (χ0) is 17.4. The number of nitrogens with zero attached hydrogens (tertiary/aromatic N) is 1. The molecule has 0 unspecified atom stereocenters. The lowest BCUT2D eigenvalue weighted by Crippen LogP contribution is -2.35. The van der Waals surface area contributed by atoms with Crippen molar-refractivity contribution in [1.29, 1.82) is 0 Å². The summed E-state index contributed by atoms with van der Waals surface area (Å²) in [6.07, 6.45) is 0. The number of nitrogens with two attached hydrogens (primary N) is 2. The summed E-state index contributed by atoms with van der Waals surface area (Å²) < 4.78 is 5.24. The van der Waals surface area contributed by atoms with Gasteiger partial charge in [0.2, 0.25) is 0 Å². The van der Waals surface area contributed by atoms with Crippen molar-refractivity contribution >= 4 is 29.1 Å². The highest BCUT2D eigenvalue weighted by molar-refractivity contribution is 6.33. The predicted molar refractivity (Wildman–Crippen MR) is 90.7 cm³/mol. The summed E-state index contributed by atoms with van der Waals surface area (Å²) in [4.78, 5) is 25.3. The number of nitrogens with one attached hydrogen (secondary N) is 1. The summed E-state index contributed by atoms with van der Waals surface area (Å²) in [6.45, 7) is 6.80. The van der Waals surface area contributed by atoms with Crippen LogP contribution in [0.3, 0.4) is 0 Å². The van der Waals surface area contributed by atoms with E-state index < -0.39 is 5.91 Å². The van der Waals surface area contributed by atoms with Gasteiger partial charge in [0.15, 0.2) is 6.61 Å². The maximum atomic E-state index is 12.3. The highest BCUT2D eigenvalue weighted by atomic mass is 35.5. The summed E-state index contributed by atoms with van der Waals surface area (Å²) in [5.74, 6) is -0.823. The molecule has 2 amide bonds. The van der Waals surface area contributed by atoms with Gasteiger partial charge in [0.25, 0.3) is 11.8 Å². The van der Waals surface area contributed by atoms with Gasteiger partial charge in [-0.3, -0.25) is 9.59 Å². The number of anilines is 1. The molecular formula is C15H23ClN4O3. The Labute approximate surface area is 140 Å². The molecule has 0 saturated carbocycles. The van der Waals surface area contributed by atoms with Crippen LogP contribution in [0.4, 0.5) is 5.69 Å². The number of likely N-dealkylation sites (N-methyl/N-ethyl adjacent to an activating group) is 1. The van der Waals surface area contributed by atoms with Crippen molar-refractivity contribution in [2.75, 3.05) is 38.5 Å². The van der Waals surface area contributed by atoms with Crippen LogP contribution in [0.25, 0.3) is 0 Å². The number of ether oxygens (including phenoxy) is 1. The van der Waals surface area contributed by atoms with Crippen molar-refractivity contribution in [2.24, 2.45) is 5.73 Å². The van der Waals surface area contributed by atoms with E-state index in [4.69, 9.17) is 27.8 Å². The third kappa shape index (κ3) is 5.96. The van der Waals surface area contributed by atoms with E-state index in [2.05, 4.69) is 24.1 Å². The SMILES string of the molecule is CCN(CC)CCNC(=O)c1cc(Cl)c(N)cc1OCC(N)=O. The van der Waals surface area contributed by atoms with E-state index in [0.29, 0.717) is 6.54 Å². The van der Waals surface area contributed by atoms with Gasteiger partial charge in [-0.15, -0.1) is 0 Å². The number of hydrogen-bond donors (Lipinski definition) is 3. The van der Waals surface area contributed by atoms with Crippen LogP contribution in [-0.4, -0.2) is 49.5 Å². The lowest BCUT2D eigenvalue weighted by atomic mass is 10.1. The molecule has 0 saturated heterocycles. The van der Waals surface area contributed by atoms with Gasteiger partial charge < -0.3 is 26.4 Å². The zero-order valence-electron chi connectivity index (χ0n) is 13.4. The van der Waals surface area contributed by atoms with E-state index >= 15 is 0 Å². The van der Waals surface area contributed by atoms with E-state index in [-0.39, 0.29) is 34.5 Å². The van der Waals surface area contributed by atoms with E-state index in [1.165, 1.54) is 12.1 Å². The number of carbonyl (C=O) groups is 2. The molecule has 128 valence electrons. The van der Waals surface area contributed by atoms with Crippen LogP contribution in [0.1, 0.15) is 24.2 Å². The molecule has 1 rings (SSSR count). The molecule has 0 atom stereocenters. The van der Waals surface area contributed by atoms with Gasteiger partial charge in [0.05, 0.1) is 16.3 Å². The molecule has 5 N–H and O–H groups in total. The fourth-order valence-electron chi connectivity index (χ4n) is 1.98. The second kappa shape index (κ2) is 9.22. The van der Waals surface area contributed by atoms with E-state index in [1.807, 2.05) is 0 Å². The van der Waals surface area contributed by atoms with Crippen molar-refractivity contribution in [3.05, 3.63) is 22.7 Å². The van der Waals surface area contributed by atoms with Crippen LogP contribution >= 0.6 is 11.6 Å². The molecule has 23 heavy (non-hydrogen) atoms. The van der Waals surface area contributed by atoms with Gasteiger partial charge in [0.1, 0.15) is 5.75 Å². The number of benzene rings is 1. The van der Waals surface area contributed by atoms with E-state index in [9.17, 15) is 9.59 Å². The first kappa shape index (κ1) is 19.1. The smallest absolute Gasteiger partial charge is 0.255 e. The van der Waals surface area contributed by atoms with Crippen LogP contribution in [-0.2, 0) is 4.79 Å². The average molecular weight is 343 g/mol. The Morgan fingerprint density at radius 3 is 2.52 bits per heavy atom. The second-order valence-corrected chi connectivity index (χ2v) is 5.31. The minimum atomic E-state index is -0.647. The summed E-state index contributed by atoms with van der Waals surface area (Å²) in [5, 5.41) is 3.04. The van der Waals surface area contributed by atoms with Crippen LogP contribution in [0.15, 0.2) is 12.1 Å². The van der Waals surface area contributed by atoms with Crippen molar-refractivity contribution in [3.63, 3.8) is 0 Å². The Morgan fingerprint density at radius 1 is 1.30 bits per heavy atom. The van der Waals surface area contributed by atoms with Gasteiger partial charge >= 0.3 is 0 Å². The van der Waals surface area contributed by atoms with Gasteiger partial charge in [-0.2, -0.15) is 0 Å². The minimum absolute atomic E-state index is 0.172. The summed E-state index contributed by atoms with van der Waals surface area (Å²) >= 11 is 5.96. The summed E-state index contributed by atoms with van der Waals surface area (Å²) in [6, 6.07) is 2.82.